The first kappa shape index (κ1) is 26.0. The van der Waals surface area contributed by atoms with E-state index >= 15 is 0 Å². The van der Waals surface area contributed by atoms with Gasteiger partial charge >= 0.3 is 291 Å². The summed E-state index contributed by atoms with van der Waals surface area (Å²) < 4.78 is 8.54. The number of rotatable bonds is 4. The third-order valence-corrected chi connectivity index (χ3v) is 21.9. The van der Waals surface area contributed by atoms with Gasteiger partial charge in [0.1, 0.15) is 0 Å². The summed E-state index contributed by atoms with van der Waals surface area (Å²) in [7, 11) is 2.38. The Bertz CT molecular complexity index is 2750. The number of hydrogen-bond donors (Lipinski definition) is 0. The molecule has 7 aliphatic rings. The fraction of sp³-hybridized carbons (Fsp3) is 0.0526. The van der Waals surface area contributed by atoms with Crippen LogP contribution in [0, 0.1) is 0 Å². The maximum atomic E-state index is 5.85. The van der Waals surface area contributed by atoms with Gasteiger partial charge in [-0.3, -0.25) is 0 Å². The Morgan fingerprint density at radius 1 is 0.714 bits per heavy atom. The Morgan fingerprint density at radius 2 is 1.39 bits per heavy atom. The molecule has 0 spiro atoms. The summed E-state index contributed by atoms with van der Waals surface area (Å²) in [5.41, 5.74) is 16.8. The Balaban J connectivity index is 1.16. The molecule has 0 amide bonds. The van der Waals surface area contributed by atoms with E-state index in [1.807, 2.05) is 0 Å². The average molecular weight is 645 g/mol. The molecule has 14 rings (SSSR count). The van der Waals surface area contributed by atoms with E-state index in [2.05, 4.69) is 153 Å². The van der Waals surface area contributed by atoms with E-state index < -0.39 is 11.8 Å². The Hall–Kier alpha value is -3.90. The molecule has 0 aliphatic carbocycles. The van der Waals surface area contributed by atoms with E-state index in [1.54, 1.807) is 5.30 Å². The van der Waals surface area contributed by atoms with E-state index in [4.69, 9.17) is 4.52 Å². The van der Waals surface area contributed by atoms with Crippen LogP contribution in [0.1, 0.15) is 33.4 Å². The van der Waals surface area contributed by atoms with Crippen LogP contribution in [0.5, 0.6) is 0 Å². The first-order chi connectivity index (χ1) is 24.2. The van der Waals surface area contributed by atoms with E-state index in [1.165, 1.54) is 77.3 Å². The fourth-order valence-corrected chi connectivity index (χ4v) is 20.3. The van der Waals surface area contributed by atoms with Crippen LogP contribution in [-0.2, 0) is 11.8 Å². The second-order valence-electron chi connectivity index (χ2n) is 15.5. The quantitative estimate of drug-likeness (QED) is 0.189. The molecule has 1 aromatic heterocycles. The SMILES string of the molecule is [B]1B2[B-]P12(N=[P+]1B2[B-]B21)c1cccc2c1c1ccc3c4c1n2-c1cccc2c1B4c1c(cccc1C2(c1ccccc1)c1ccccc1)C3. The Labute approximate surface area is 289 Å². The van der Waals surface area contributed by atoms with Crippen molar-refractivity contribution in [2.45, 2.75) is 11.8 Å². The van der Waals surface area contributed by atoms with Crippen LogP contribution < -0.4 is 21.7 Å². The van der Waals surface area contributed by atoms with Crippen LogP contribution in [0.2, 0.25) is 0 Å². The molecule has 4 saturated heterocycles. The van der Waals surface area contributed by atoms with Gasteiger partial charge in [-0.25, -0.2) is 0 Å². The van der Waals surface area contributed by atoms with Gasteiger partial charge < -0.3 is 0 Å². The molecule has 0 N–H and O–H groups in total. The van der Waals surface area contributed by atoms with Crippen molar-refractivity contribution < 1.29 is 0 Å². The molecule has 2 nitrogen and oxygen atoms in total. The van der Waals surface area contributed by atoms with Crippen LogP contribution in [0.15, 0.2) is 132 Å². The molecular formula is C38H23B7N2P2-. The van der Waals surface area contributed by atoms with Crippen LogP contribution in [0.25, 0.3) is 27.5 Å². The van der Waals surface area contributed by atoms with Gasteiger partial charge in [-0.2, -0.15) is 0 Å². The van der Waals surface area contributed by atoms with E-state index in [9.17, 15) is 0 Å². The normalized spacial score (nSPS) is 21.0. The zero-order chi connectivity index (χ0) is 31.5. The number of benzene rings is 6. The summed E-state index contributed by atoms with van der Waals surface area (Å²) in [5, 5.41) is 4.45. The molecule has 5 radical (unpaired) electrons. The van der Waals surface area contributed by atoms with Crippen molar-refractivity contribution in [2.24, 2.45) is 4.52 Å². The summed E-state index contributed by atoms with van der Waals surface area (Å²) in [6.45, 7) is 5.55. The Morgan fingerprint density at radius 3 is 2.08 bits per heavy atom. The topological polar surface area (TPSA) is 17.3 Å². The molecule has 0 atom stereocenters. The third-order valence-electron chi connectivity index (χ3n) is 13.4. The molecule has 11 heteroatoms. The third kappa shape index (κ3) is 2.73. The molecular weight excluding hydrogens is 622 g/mol. The second-order valence-corrected chi connectivity index (χ2v) is 22.4. The minimum atomic E-state index is -2.37. The molecule has 0 bridgehead atoms. The molecule has 0 saturated carbocycles. The zero-order valence-corrected chi connectivity index (χ0v) is 28.5. The van der Waals surface area contributed by atoms with Gasteiger partial charge in [0.2, 0.25) is 0 Å². The zero-order valence-electron chi connectivity index (χ0n) is 26.7. The van der Waals surface area contributed by atoms with Crippen molar-refractivity contribution in [1.82, 2.24) is 4.57 Å². The maximum absolute atomic E-state index is 5.85. The van der Waals surface area contributed by atoms with Gasteiger partial charge in [0, 0.05) is 0 Å². The molecule has 8 heterocycles. The van der Waals surface area contributed by atoms with E-state index in [-0.39, 0.29) is 14.2 Å². The van der Waals surface area contributed by atoms with Crippen LogP contribution in [-0.4, -0.2) is 50.8 Å². The summed E-state index contributed by atoms with van der Waals surface area (Å²) in [6.07, 6.45) is 0.896. The van der Waals surface area contributed by atoms with Gasteiger partial charge in [0.25, 0.3) is 0 Å². The molecule has 0 unspecified atom stereocenters. The molecule has 6 aromatic carbocycles. The first-order valence-corrected chi connectivity index (χ1v) is 21.6. The predicted molar refractivity (Wildman–Crippen MR) is 217 cm³/mol. The summed E-state index contributed by atoms with van der Waals surface area (Å²) >= 11 is 0. The standard InChI is InChI=1S/C38H23B7N2P2/c1-3-11-25(12-4-1)38(26-13-5-2-6-14-26)28-15-7-10-23-22-24-20-21-27-33-30(17-9-19-32(33)49(40-43(49)41-49)46-48-44-39-45(44)48)47-31-18-8-16-29(38)36(31)42(34(23)28)35(24)37(27)47/h1-21H,22H2/q-1. The molecule has 4 fully saturated rings. The summed E-state index contributed by atoms with van der Waals surface area (Å²) in [4.78, 5) is 0. The number of fused-ring (bicyclic) bond motifs is 6. The van der Waals surface area contributed by atoms with Crippen molar-refractivity contribution >= 4 is 104 Å². The van der Waals surface area contributed by atoms with Crippen molar-refractivity contribution in [3.05, 3.63) is 161 Å². The first-order valence-electron chi connectivity index (χ1n) is 17.8. The van der Waals surface area contributed by atoms with Crippen LogP contribution in [0.3, 0.4) is 0 Å². The number of hydrogen-bond acceptors (Lipinski definition) is 1. The Kier molecular flexibility index (Phi) is 4.25. The molecule has 7 aliphatic heterocycles. The number of nitrogens with zero attached hydrogens (tertiary/aromatic N) is 2. The number of aromatic nitrogens is 1. The minimum absolute atomic E-state index is 0.131. The summed E-state index contributed by atoms with van der Waals surface area (Å²) in [6, 6.07) is 49.2. The second kappa shape index (κ2) is 8.02. The van der Waals surface area contributed by atoms with Gasteiger partial charge in [-0.1, -0.05) is 0 Å². The van der Waals surface area contributed by atoms with Crippen molar-refractivity contribution in [1.29, 1.82) is 0 Å². The van der Waals surface area contributed by atoms with Gasteiger partial charge in [0.15, 0.2) is 0 Å². The van der Waals surface area contributed by atoms with Crippen molar-refractivity contribution in [2.75, 3.05) is 0 Å². The molecule has 217 valence electrons. The van der Waals surface area contributed by atoms with Crippen molar-refractivity contribution in [3.63, 3.8) is 0 Å². The van der Waals surface area contributed by atoms with Crippen LogP contribution >= 0.6 is 13.9 Å². The van der Waals surface area contributed by atoms with E-state index in [0.29, 0.717) is 6.21 Å². The summed E-state index contributed by atoms with van der Waals surface area (Å²) in [5.74, 6) is 0. The predicted octanol–water partition coefficient (Wildman–Crippen LogP) is 5.01. The molecule has 7 aromatic rings. The average Bonchev–Trinajstić information content (AvgIpc) is 4.07. The monoisotopic (exact) mass is 646 g/mol. The van der Waals surface area contributed by atoms with Crippen molar-refractivity contribution in [3.8, 4) is 5.69 Å². The van der Waals surface area contributed by atoms with Gasteiger partial charge in [-0.05, 0) is 0 Å². The van der Waals surface area contributed by atoms with Gasteiger partial charge in [-0.15, -0.1) is 0 Å². The fourth-order valence-electron chi connectivity index (χ4n) is 11.0. The van der Waals surface area contributed by atoms with Crippen LogP contribution in [0.4, 0.5) is 0 Å². The van der Waals surface area contributed by atoms with E-state index in [0.717, 1.165) is 18.8 Å². The van der Waals surface area contributed by atoms with Gasteiger partial charge in [0.05, 0.1) is 0 Å². The molecule has 49 heavy (non-hydrogen) atoms.